The molecule has 1 heterocycles. The average molecular weight is 367 g/mol. The van der Waals surface area contributed by atoms with Crippen LogP contribution in [0.4, 0.5) is 0 Å². The molecule has 1 unspecified atom stereocenters. The maximum atomic E-state index is 13.4. The van der Waals surface area contributed by atoms with Gasteiger partial charge in [0.05, 0.1) is 12.2 Å². The third-order valence-corrected chi connectivity index (χ3v) is 4.91. The van der Waals surface area contributed by atoms with Crippen molar-refractivity contribution in [1.82, 2.24) is 0 Å². The van der Waals surface area contributed by atoms with E-state index in [1.165, 1.54) is 0 Å². The molecule has 0 saturated carbocycles. The van der Waals surface area contributed by atoms with Crippen molar-refractivity contribution in [1.29, 1.82) is 0 Å². The average Bonchev–Trinajstić information content (AvgIpc) is 3.42. The van der Waals surface area contributed by atoms with Crippen LogP contribution in [0.2, 0.25) is 0 Å². The van der Waals surface area contributed by atoms with Crippen LogP contribution in [0, 0.1) is 0 Å². The molecular formula is C24H30O3. The molecule has 0 amide bonds. The zero-order chi connectivity index (χ0) is 19.8. The van der Waals surface area contributed by atoms with Crippen molar-refractivity contribution >= 4 is 5.78 Å². The molecule has 1 atom stereocenters. The number of ketones is 1. The normalized spacial score (nSPS) is 16.9. The van der Waals surface area contributed by atoms with E-state index < -0.39 is 0 Å². The van der Waals surface area contributed by atoms with Crippen LogP contribution in [0.3, 0.4) is 0 Å². The van der Waals surface area contributed by atoms with Crippen molar-refractivity contribution in [3.05, 3.63) is 64.7 Å². The summed E-state index contributed by atoms with van der Waals surface area (Å²) in [5, 5.41) is 0. The SMILES string of the molecule is CC(C)(C)c1cccc(C(=O)c2cc(C(C)(C)C)ccc2OCC2CO2)c1. The van der Waals surface area contributed by atoms with Crippen LogP contribution in [0.25, 0.3) is 0 Å². The first-order valence-electron chi connectivity index (χ1n) is 9.60. The Kier molecular flexibility index (Phi) is 5.18. The van der Waals surface area contributed by atoms with Gasteiger partial charge >= 0.3 is 0 Å². The van der Waals surface area contributed by atoms with E-state index in [1.54, 1.807) is 0 Å². The van der Waals surface area contributed by atoms with Gasteiger partial charge in [0.2, 0.25) is 0 Å². The highest BCUT2D eigenvalue weighted by Crippen LogP contribution is 2.31. The van der Waals surface area contributed by atoms with E-state index in [9.17, 15) is 4.79 Å². The minimum Gasteiger partial charge on any atom is -0.490 e. The van der Waals surface area contributed by atoms with Crippen molar-refractivity contribution in [3.63, 3.8) is 0 Å². The Hall–Kier alpha value is -2.13. The zero-order valence-corrected chi connectivity index (χ0v) is 17.3. The summed E-state index contributed by atoms with van der Waals surface area (Å²) in [5.74, 6) is 0.628. The van der Waals surface area contributed by atoms with E-state index in [4.69, 9.17) is 9.47 Å². The lowest BCUT2D eigenvalue weighted by Crippen LogP contribution is -2.16. The van der Waals surface area contributed by atoms with E-state index in [0.29, 0.717) is 23.5 Å². The predicted octanol–water partition coefficient (Wildman–Crippen LogP) is 5.29. The molecule has 1 saturated heterocycles. The summed E-state index contributed by atoms with van der Waals surface area (Å²) in [4.78, 5) is 13.4. The fourth-order valence-electron chi connectivity index (χ4n) is 2.93. The van der Waals surface area contributed by atoms with Crippen LogP contribution in [0.15, 0.2) is 42.5 Å². The summed E-state index contributed by atoms with van der Waals surface area (Å²) in [5.41, 5.74) is 3.53. The second kappa shape index (κ2) is 7.12. The van der Waals surface area contributed by atoms with Gasteiger partial charge in [-0.3, -0.25) is 4.79 Å². The quantitative estimate of drug-likeness (QED) is 0.533. The topological polar surface area (TPSA) is 38.8 Å². The van der Waals surface area contributed by atoms with Crippen molar-refractivity contribution in [3.8, 4) is 5.75 Å². The van der Waals surface area contributed by atoms with Crippen LogP contribution < -0.4 is 4.74 Å². The highest BCUT2D eigenvalue weighted by molar-refractivity contribution is 6.11. The minimum atomic E-state index is -0.0412. The fourth-order valence-corrected chi connectivity index (χ4v) is 2.93. The summed E-state index contributed by atoms with van der Waals surface area (Å²) in [6, 6.07) is 13.9. The molecule has 1 fully saturated rings. The lowest BCUT2D eigenvalue weighted by atomic mass is 9.83. The molecular weight excluding hydrogens is 336 g/mol. The maximum Gasteiger partial charge on any atom is 0.196 e. The number of benzene rings is 2. The molecule has 0 aromatic heterocycles. The van der Waals surface area contributed by atoms with Crippen molar-refractivity contribution in [2.24, 2.45) is 0 Å². The van der Waals surface area contributed by atoms with Gasteiger partial charge in [-0.1, -0.05) is 65.8 Å². The predicted molar refractivity (Wildman–Crippen MR) is 109 cm³/mol. The lowest BCUT2D eigenvalue weighted by molar-refractivity contribution is 0.103. The molecule has 3 rings (SSSR count). The van der Waals surface area contributed by atoms with Crippen molar-refractivity contribution in [2.45, 2.75) is 58.5 Å². The Morgan fingerprint density at radius 1 is 1.00 bits per heavy atom. The maximum absolute atomic E-state index is 13.4. The van der Waals surface area contributed by atoms with Crippen molar-refractivity contribution < 1.29 is 14.3 Å². The van der Waals surface area contributed by atoms with Gasteiger partial charge < -0.3 is 9.47 Å². The molecule has 27 heavy (non-hydrogen) atoms. The van der Waals surface area contributed by atoms with E-state index in [1.807, 2.05) is 36.4 Å². The van der Waals surface area contributed by atoms with Gasteiger partial charge in [-0.05, 0) is 40.2 Å². The summed E-state index contributed by atoms with van der Waals surface area (Å²) in [7, 11) is 0. The first-order chi connectivity index (χ1) is 12.6. The van der Waals surface area contributed by atoms with Gasteiger partial charge in [-0.25, -0.2) is 0 Å². The van der Waals surface area contributed by atoms with Gasteiger partial charge in [-0.2, -0.15) is 0 Å². The molecule has 1 aliphatic heterocycles. The molecule has 1 aliphatic rings. The van der Waals surface area contributed by atoms with Crippen LogP contribution >= 0.6 is 0 Å². The summed E-state index contributed by atoms with van der Waals surface area (Å²) in [6.07, 6.45) is 0.152. The Morgan fingerprint density at radius 2 is 1.63 bits per heavy atom. The molecule has 0 bridgehead atoms. The number of carbonyl (C=O) groups is 1. The molecule has 2 aromatic carbocycles. The lowest BCUT2D eigenvalue weighted by Gasteiger charge is -2.22. The molecule has 0 spiro atoms. The molecule has 2 aromatic rings. The molecule has 144 valence electrons. The first kappa shape index (κ1) is 19.6. The number of hydrogen-bond acceptors (Lipinski definition) is 3. The molecule has 0 aliphatic carbocycles. The minimum absolute atomic E-state index is 0.00100. The Bertz CT molecular complexity index is 833. The van der Waals surface area contributed by atoms with E-state index >= 15 is 0 Å². The zero-order valence-electron chi connectivity index (χ0n) is 17.3. The number of carbonyl (C=O) groups excluding carboxylic acids is 1. The highest BCUT2D eigenvalue weighted by Gasteiger charge is 2.26. The fraction of sp³-hybridized carbons (Fsp3) is 0.458. The number of rotatable bonds is 5. The second-order valence-corrected chi connectivity index (χ2v) is 9.39. The summed E-state index contributed by atoms with van der Waals surface area (Å²) < 4.78 is 11.2. The highest BCUT2D eigenvalue weighted by atomic mass is 16.6. The van der Waals surface area contributed by atoms with E-state index in [2.05, 4.69) is 47.6 Å². The van der Waals surface area contributed by atoms with Crippen LogP contribution in [0.5, 0.6) is 5.75 Å². The molecule has 0 N–H and O–H groups in total. The summed E-state index contributed by atoms with van der Waals surface area (Å²) >= 11 is 0. The monoisotopic (exact) mass is 366 g/mol. The Balaban J connectivity index is 2.00. The number of ether oxygens (including phenoxy) is 2. The number of hydrogen-bond donors (Lipinski definition) is 0. The van der Waals surface area contributed by atoms with E-state index in [-0.39, 0.29) is 22.7 Å². The Labute approximate surface area is 162 Å². The third-order valence-electron chi connectivity index (χ3n) is 4.91. The largest absolute Gasteiger partial charge is 0.490 e. The van der Waals surface area contributed by atoms with Gasteiger partial charge in [0.1, 0.15) is 18.5 Å². The van der Waals surface area contributed by atoms with Crippen LogP contribution in [0.1, 0.15) is 68.6 Å². The first-order valence-corrected chi connectivity index (χ1v) is 9.60. The second-order valence-electron chi connectivity index (χ2n) is 9.39. The number of epoxide rings is 1. The smallest absolute Gasteiger partial charge is 0.196 e. The Morgan fingerprint density at radius 3 is 2.22 bits per heavy atom. The van der Waals surface area contributed by atoms with Crippen LogP contribution in [-0.4, -0.2) is 25.1 Å². The van der Waals surface area contributed by atoms with Crippen molar-refractivity contribution in [2.75, 3.05) is 13.2 Å². The van der Waals surface area contributed by atoms with Gasteiger partial charge in [-0.15, -0.1) is 0 Å². The van der Waals surface area contributed by atoms with E-state index in [0.717, 1.165) is 17.7 Å². The van der Waals surface area contributed by atoms with Crippen LogP contribution in [-0.2, 0) is 15.6 Å². The van der Waals surface area contributed by atoms with Gasteiger partial charge in [0, 0.05) is 5.56 Å². The molecule has 3 nitrogen and oxygen atoms in total. The third kappa shape index (κ3) is 4.78. The standard InChI is InChI=1S/C24H30O3/c1-23(2,3)17-9-7-8-16(12-17)22(25)20-13-18(24(4,5)6)10-11-21(20)27-15-19-14-26-19/h7-13,19H,14-15H2,1-6H3. The molecule has 0 radical (unpaired) electrons. The van der Waals surface area contributed by atoms with Gasteiger partial charge in [0.25, 0.3) is 0 Å². The van der Waals surface area contributed by atoms with Gasteiger partial charge in [0.15, 0.2) is 5.78 Å². The summed E-state index contributed by atoms with van der Waals surface area (Å²) in [6.45, 7) is 14.1. The molecule has 3 heteroatoms.